The average molecular weight is 535 g/mol. The molecule has 0 radical (unpaired) electrons. The molecule has 3 nitrogen and oxygen atoms in total. The molecule has 3 heteroatoms. The fraction of sp³-hybridized carbons (Fsp3) is 0.722. The van der Waals surface area contributed by atoms with Crippen LogP contribution in [0.5, 0.6) is 0 Å². The van der Waals surface area contributed by atoms with Crippen molar-refractivity contribution in [3.8, 4) is 0 Å². The van der Waals surface area contributed by atoms with Crippen molar-refractivity contribution in [2.45, 2.75) is 112 Å². The van der Waals surface area contributed by atoms with Crippen molar-refractivity contribution in [3.63, 3.8) is 0 Å². The first kappa shape index (κ1) is 27.3. The highest BCUT2D eigenvalue weighted by Gasteiger charge is 2.69. The molecule has 0 spiro atoms. The lowest BCUT2D eigenvalue weighted by molar-refractivity contribution is -0.191. The van der Waals surface area contributed by atoms with E-state index >= 15 is 0 Å². The van der Waals surface area contributed by atoms with Crippen LogP contribution >= 0.6 is 0 Å². The Bertz CT molecular complexity index is 1190. The number of Topliss-reactive ketones (excluding diaryl/α,β-unsaturated/α-hetero) is 1. The fourth-order valence-electron chi connectivity index (χ4n) is 11.4. The minimum atomic E-state index is -0.388. The molecule has 4 fully saturated rings. The monoisotopic (exact) mass is 534 g/mol. The molecule has 0 bridgehead atoms. The third kappa shape index (κ3) is 3.66. The lowest BCUT2D eigenvalue weighted by Crippen LogP contribution is -2.64. The van der Waals surface area contributed by atoms with Gasteiger partial charge in [0.05, 0.1) is 5.41 Å². The Morgan fingerprint density at radius 2 is 1.69 bits per heavy atom. The summed E-state index contributed by atoms with van der Waals surface area (Å²) >= 11 is 0. The number of hydrogen-bond donors (Lipinski definition) is 0. The van der Waals surface area contributed by atoms with Crippen LogP contribution in [-0.4, -0.2) is 11.8 Å². The standard InChI is InChI=1S/C36H50O3.2H2/c1-24-11-10-18-36(31(38)39-23-25-12-8-7-9-13-25)22-21-34(5)26(30(24)36)14-15-28-33(4)19-17-29(37)32(2,3)27(33)16-20-35(28,34)6;;/h7-9,12-14,24,27-28,30H,10-11,15-23H2,1-6H3;2*1H/t24-,27?,28?,30-,33-,34+,35+,36-;;/m0../s1. The van der Waals surface area contributed by atoms with Crippen molar-refractivity contribution >= 4 is 11.8 Å². The van der Waals surface area contributed by atoms with E-state index in [1.807, 2.05) is 30.3 Å². The molecule has 1 aromatic rings. The van der Waals surface area contributed by atoms with E-state index in [1.165, 1.54) is 12.8 Å². The van der Waals surface area contributed by atoms with E-state index in [2.05, 4.69) is 47.6 Å². The van der Waals surface area contributed by atoms with Gasteiger partial charge in [-0.1, -0.05) is 96.4 Å². The normalized spacial score (nSPS) is 44.7. The molecular weight excluding hydrogens is 480 g/mol. The topological polar surface area (TPSA) is 43.4 Å². The van der Waals surface area contributed by atoms with Gasteiger partial charge in [0.2, 0.25) is 0 Å². The van der Waals surface area contributed by atoms with Crippen LogP contribution in [0.3, 0.4) is 0 Å². The van der Waals surface area contributed by atoms with Gasteiger partial charge in [-0.25, -0.2) is 0 Å². The molecule has 0 heterocycles. The number of rotatable bonds is 3. The first-order valence-electron chi connectivity index (χ1n) is 15.9. The van der Waals surface area contributed by atoms with Gasteiger partial charge in [0, 0.05) is 14.7 Å². The van der Waals surface area contributed by atoms with Crippen molar-refractivity contribution in [2.24, 2.45) is 50.7 Å². The second-order valence-corrected chi connectivity index (χ2v) is 15.5. The smallest absolute Gasteiger partial charge is 0.313 e. The zero-order valence-corrected chi connectivity index (χ0v) is 25.3. The summed E-state index contributed by atoms with van der Waals surface area (Å²) in [5, 5.41) is 0. The minimum Gasteiger partial charge on any atom is -0.460 e. The molecule has 4 saturated carbocycles. The van der Waals surface area contributed by atoms with Gasteiger partial charge in [0.1, 0.15) is 12.4 Å². The molecule has 5 aliphatic rings. The minimum absolute atomic E-state index is 0. The van der Waals surface area contributed by atoms with Crippen molar-refractivity contribution in [3.05, 3.63) is 47.5 Å². The average Bonchev–Trinajstić information content (AvgIpc) is 2.90. The molecule has 8 atom stereocenters. The van der Waals surface area contributed by atoms with Crippen LogP contribution in [0, 0.1) is 50.7 Å². The molecule has 6 rings (SSSR count). The highest BCUT2D eigenvalue weighted by atomic mass is 16.5. The highest BCUT2D eigenvalue weighted by Crippen LogP contribution is 2.75. The van der Waals surface area contributed by atoms with E-state index < -0.39 is 0 Å². The van der Waals surface area contributed by atoms with E-state index in [-0.39, 0.29) is 41.8 Å². The Morgan fingerprint density at radius 1 is 0.949 bits per heavy atom. The molecule has 0 aliphatic heterocycles. The van der Waals surface area contributed by atoms with Crippen molar-refractivity contribution in [1.82, 2.24) is 0 Å². The van der Waals surface area contributed by atoms with E-state index in [9.17, 15) is 9.59 Å². The van der Waals surface area contributed by atoms with Crippen LogP contribution in [0.4, 0.5) is 0 Å². The summed E-state index contributed by atoms with van der Waals surface area (Å²) in [5.74, 6) is 2.34. The first-order chi connectivity index (χ1) is 18.4. The number of carbonyl (C=O) groups is 2. The number of ketones is 1. The van der Waals surface area contributed by atoms with E-state index in [4.69, 9.17) is 4.74 Å². The summed E-state index contributed by atoms with van der Waals surface area (Å²) in [6.45, 7) is 14.9. The van der Waals surface area contributed by atoms with Gasteiger partial charge in [-0.15, -0.1) is 0 Å². The quantitative estimate of drug-likeness (QED) is 0.287. The molecule has 216 valence electrons. The zero-order valence-electron chi connectivity index (χ0n) is 25.3. The number of esters is 1. The molecular formula is C36H54O3. The second kappa shape index (κ2) is 9.05. The summed E-state index contributed by atoms with van der Waals surface area (Å²) in [7, 11) is 0. The predicted octanol–water partition coefficient (Wildman–Crippen LogP) is 9.20. The number of carbonyl (C=O) groups excluding carboxylic acids is 2. The molecule has 0 N–H and O–H groups in total. The van der Waals surface area contributed by atoms with Crippen LogP contribution in [0.1, 0.15) is 114 Å². The van der Waals surface area contributed by atoms with Gasteiger partial charge in [-0.3, -0.25) is 9.59 Å². The number of ether oxygens (including phenoxy) is 1. The Balaban J connectivity index is 0.00000194. The first-order valence-corrected chi connectivity index (χ1v) is 15.9. The molecule has 5 aliphatic carbocycles. The highest BCUT2D eigenvalue weighted by molar-refractivity contribution is 5.85. The lowest BCUT2D eigenvalue weighted by atomic mass is 9.33. The Kier molecular flexibility index (Phi) is 6.33. The van der Waals surface area contributed by atoms with Gasteiger partial charge >= 0.3 is 5.97 Å². The maximum Gasteiger partial charge on any atom is 0.313 e. The van der Waals surface area contributed by atoms with E-state index in [0.717, 1.165) is 56.9 Å². The molecule has 39 heavy (non-hydrogen) atoms. The summed E-state index contributed by atoms with van der Waals surface area (Å²) in [6.07, 6.45) is 13.1. The second-order valence-electron chi connectivity index (χ2n) is 15.5. The number of hydrogen-bond acceptors (Lipinski definition) is 3. The van der Waals surface area contributed by atoms with Crippen LogP contribution in [0.2, 0.25) is 0 Å². The van der Waals surface area contributed by atoms with Crippen molar-refractivity contribution in [2.75, 3.05) is 0 Å². The summed E-state index contributed by atoms with van der Waals surface area (Å²) in [6, 6.07) is 10.1. The van der Waals surface area contributed by atoms with E-state index in [1.54, 1.807) is 5.57 Å². The van der Waals surface area contributed by atoms with Crippen LogP contribution in [0.25, 0.3) is 0 Å². The number of allylic oxidation sites excluding steroid dienone is 2. The molecule has 0 aromatic heterocycles. The van der Waals surface area contributed by atoms with Crippen molar-refractivity contribution < 1.29 is 17.2 Å². The van der Waals surface area contributed by atoms with E-state index in [0.29, 0.717) is 30.1 Å². The number of fused-ring (bicyclic) bond motifs is 7. The maximum absolute atomic E-state index is 14.1. The third-order valence-corrected chi connectivity index (χ3v) is 13.7. The summed E-state index contributed by atoms with van der Waals surface area (Å²) in [5.41, 5.74) is 2.52. The zero-order chi connectivity index (χ0) is 27.8. The van der Waals surface area contributed by atoms with Crippen LogP contribution in [-0.2, 0) is 20.9 Å². The SMILES string of the molecule is C[C@H]1CCC[C@]2(C(=O)OCc3ccccc3)CC[C@]3(C)C(=CCC4[C@@]5(C)CCC(=O)C(C)(C)C5CC[C@]43C)[C@H]12.[HH].[HH]. The summed E-state index contributed by atoms with van der Waals surface area (Å²) in [4.78, 5) is 27.1. The van der Waals surface area contributed by atoms with Crippen LogP contribution < -0.4 is 0 Å². The largest absolute Gasteiger partial charge is 0.460 e. The van der Waals surface area contributed by atoms with Gasteiger partial charge in [-0.05, 0) is 90.4 Å². The predicted molar refractivity (Wildman–Crippen MR) is 160 cm³/mol. The molecule has 1 aromatic carbocycles. The lowest BCUT2D eigenvalue weighted by Gasteiger charge is -2.70. The molecule has 0 amide bonds. The van der Waals surface area contributed by atoms with Gasteiger partial charge in [0.25, 0.3) is 0 Å². The Hall–Kier alpha value is -1.90. The Labute approximate surface area is 239 Å². The van der Waals surface area contributed by atoms with Gasteiger partial charge < -0.3 is 4.74 Å². The molecule has 0 saturated heterocycles. The van der Waals surface area contributed by atoms with Crippen LogP contribution in [0.15, 0.2) is 42.0 Å². The third-order valence-electron chi connectivity index (χ3n) is 13.7. The fourth-order valence-corrected chi connectivity index (χ4v) is 11.4. The number of benzene rings is 1. The van der Waals surface area contributed by atoms with Gasteiger partial charge in [-0.2, -0.15) is 0 Å². The Morgan fingerprint density at radius 3 is 2.44 bits per heavy atom. The van der Waals surface area contributed by atoms with Crippen molar-refractivity contribution in [1.29, 1.82) is 0 Å². The maximum atomic E-state index is 14.1. The van der Waals surface area contributed by atoms with Gasteiger partial charge in [0.15, 0.2) is 0 Å². The summed E-state index contributed by atoms with van der Waals surface area (Å²) < 4.78 is 6.14. The molecule has 2 unspecified atom stereocenters.